The summed E-state index contributed by atoms with van der Waals surface area (Å²) in [6.45, 7) is -0.609. The topological polar surface area (TPSA) is 83.6 Å². The van der Waals surface area contributed by atoms with Crippen molar-refractivity contribution in [3.63, 3.8) is 0 Å². The normalized spacial score (nSPS) is 22.2. The van der Waals surface area contributed by atoms with Crippen molar-refractivity contribution < 1.29 is 23.5 Å². The van der Waals surface area contributed by atoms with Crippen molar-refractivity contribution in [3.8, 4) is 0 Å². The average Bonchev–Trinajstić information content (AvgIpc) is 2.13. The lowest BCUT2D eigenvalue weighted by Gasteiger charge is -2.33. The summed E-state index contributed by atoms with van der Waals surface area (Å²) in [7, 11) is 0. The molecule has 1 amide bonds. The largest absolute Gasteiger partial charge is 0.480 e. The van der Waals surface area contributed by atoms with Gasteiger partial charge in [-0.25, -0.2) is 13.6 Å². The highest BCUT2D eigenvalue weighted by molar-refractivity contribution is 6.00. The maximum Gasteiger partial charge on any atom is 0.330 e. The molecule has 0 radical (unpaired) electrons. The number of piperidine rings is 1. The summed E-state index contributed by atoms with van der Waals surface area (Å²) in [6, 6.07) is -1.75. The molecule has 1 aliphatic rings. The van der Waals surface area contributed by atoms with Gasteiger partial charge in [0.25, 0.3) is 11.8 Å². The minimum absolute atomic E-state index is 0.134. The molecule has 1 rings (SSSR count). The molecule has 0 aromatic rings. The third-order valence-corrected chi connectivity index (χ3v) is 2.24. The van der Waals surface area contributed by atoms with Gasteiger partial charge in [-0.3, -0.25) is 4.79 Å². The van der Waals surface area contributed by atoms with Crippen molar-refractivity contribution in [1.82, 2.24) is 4.90 Å². The lowest BCUT2D eigenvalue weighted by Crippen LogP contribution is -2.53. The molecule has 1 atom stereocenters. The second-order valence-electron chi connectivity index (χ2n) is 3.54. The Morgan fingerprint density at radius 1 is 1.47 bits per heavy atom. The summed E-state index contributed by atoms with van der Waals surface area (Å²) < 4.78 is 25.8. The first-order chi connectivity index (χ1) is 6.83. The van der Waals surface area contributed by atoms with Crippen LogP contribution in [0.1, 0.15) is 12.8 Å². The molecule has 1 fully saturated rings. The second kappa shape index (κ2) is 4.09. The Kier molecular flexibility index (Phi) is 3.23. The van der Waals surface area contributed by atoms with E-state index in [9.17, 15) is 18.4 Å². The van der Waals surface area contributed by atoms with E-state index in [-0.39, 0.29) is 19.4 Å². The fraction of sp³-hybridized carbons (Fsp3) is 0.750. The van der Waals surface area contributed by atoms with Gasteiger partial charge < -0.3 is 15.7 Å². The number of nitrogens with zero attached hydrogens (tertiary/aromatic N) is 1. The van der Waals surface area contributed by atoms with Gasteiger partial charge in [0, 0.05) is 13.0 Å². The Bertz CT molecular complexity index is 283. The number of carbonyl (C=O) groups is 2. The third kappa shape index (κ3) is 2.85. The number of rotatable bonds is 2. The molecule has 86 valence electrons. The maximum atomic E-state index is 12.9. The van der Waals surface area contributed by atoms with Gasteiger partial charge in [-0.05, 0) is 6.42 Å². The summed E-state index contributed by atoms with van der Waals surface area (Å²) in [4.78, 5) is 22.5. The van der Waals surface area contributed by atoms with Crippen molar-refractivity contribution >= 4 is 11.9 Å². The molecule has 1 saturated heterocycles. The van der Waals surface area contributed by atoms with Crippen LogP contribution in [0.25, 0.3) is 0 Å². The highest BCUT2D eigenvalue weighted by Crippen LogP contribution is 2.26. The number of likely N-dealkylation sites (tertiary alicyclic amines) is 1. The Morgan fingerprint density at radius 3 is 2.53 bits per heavy atom. The highest BCUT2D eigenvalue weighted by atomic mass is 19.3. The van der Waals surface area contributed by atoms with Gasteiger partial charge in [-0.1, -0.05) is 0 Å². The molecule has 0 saturated carbocycles. The molecule has 0 aromatic carbocycles. The van der Waals surface area contributed by atoms with Crippen LogP contribution in [-0.4, -0.2) is 46.9 Å². The van der Waals surface area contributed by atoms with Crippen molar-refractivity contribution in [3.05, 3.63) is 0 Å². The van der Waals surface area contributed by atoms with Crippen LogP contribution >= 0.6 is 0 Å². The molecular formula is C8H12F2N2O3. The predicted octanol–water partition coefficient (Wildman–Crippen LogP) is -0.344. The first-order valence-corrected chi connectivity index (χ1v) is 4.48. The van der Waals surface area contributed by atoms with Crippen LogP contribution < -0.4 is 5.73 Å². The van der Waals surface area contributed by atoms with E-state index in [2.05, 4.69) is 0 Å². The Labute approximate surface area is 84.8 Å². The number of carboxylic acids is 1. The van der Waals surface area contributed by atoms with E-state index in [1.807, 2.05) is 0 Å². The summed E-state index contributed by atoms with van der Waals surface area (Å²) in [6.07, 6.45) is -0.121. The van der Waals surface area contributed by atoms with Gasteiger partial charge in [0.1, 0.15) is 0 Å². The number of nitrogens with two attached hydrogens (primary N) is 1. The van der Waals surface area contributed by atoms with E-state index < -0.39 is 30.4 Å². The average molecular weight is 222 g/mol. The monoisotopic (exact) mass is 222 g/mol. The van der Waals surface area contributed by atoms with Crippen LogP contribution in [0.15, 0.2) is 0 Å². The standard InChI is InChI=1S/C8H12F2N2O3/c9-8(10)2-1-3-12(4-8)6(13)5(11)7(14)15/h5H,1-4,11H2,(H,14,15). The van der Waals surface area contributed by atoms with E-state index >= 15 is 0 Å². The Morgan fingerprint density at radius 2 is 2.07 bits per heavy atom. The zero-order valence-electron chi connectivity index (χ0n) is 7.95. The van der Waals surface area contributed by atoms with Crippen molar-refractivity contribution in [2.24, 2.45) is 5.73 Å². The number of amides is 1. The van der Waals surface area contributed by atoms with Crippen LogP contribution in [0.4, 0.5) is 8.78 Å². The number of hydrogen-bond acceptors (Lipinski definition) is 3. The molecule has 0 aromatic heterocycles. The van der Waals surface area contributed by atoms with Gasteiger partial charge in [0.2, 0.25) is 0 Å². The molecule has 1 unspecified atom stereocenters. The van der Waals surface area contributed by atoms with E-state index in [1.165, 1.54) is 0 Å². The molecule has 0 spiro atoms. The van der Waals surface area contributed by atoms with Gasteiger partial charge in [0.05, 0.1) is 6.54 Å². The SMILES string of the molecule is NC(C(=O)O)C(=O)N1CCCC(F)(F)C1. The molecule has 0 aliphatic carbocycles. The lowest BCUT2D eigenvalue weighted by molar-refractivity contribution is -0.151. The van der Waals surface area contributed by atoms with Gasteiger partial charge in [-0.2, -0.15) is 0 Å². The van der Waals surface area contributed by atoms with Gasteiger partial charge >= 0.3 is 5.97 Å². The molecule has 3 N–H and O–H groups in total. The lowest BCUT2D eigenvalue weighted by atomic mass is 10.1. The van der Waals surface area contributed by atoms with Crippen molar-refractivity contribution in [2.45, 2.75) is 24.8 Å². The summed E-state index contributed by atoms with van der Waals surface area (Å²) >= 11 is 0. The summed E-state index contributed by atoms with van der Waals surface area (Å²) in [5.41, 5.74) is 5.04. The number of alkyl halides is 2. The summed E-state index contributed by atoms with van der Waals surface area (Å²) in [5.74, 6) is -5.40. The molecule has 0 bridgehead atoms. The number of carboxylic acid groups (broad SMARTS) is 1. The third-order valence-electron chi connectivity index (χ3n) is 2.24. The zero-order valence-corrected chi connectivity index (χ0v) is 7.95. The highest BCUT2D eigenvalue weighted by Gasteiger charge is 2.39. The molecule has 1 aliphatic heterocycles. The quantitative estimate of drug-likeness (QED) is 0.626. The maximum absolute atomic E-state index is 12.9. The Balaban J connectivity index is 2.64. The number of aliphatic carboxylic acids is 1. The van der Waals surface area contributed by atoms with Crippen LogP contribution in [0, 0.1) is 0 Å². The fourth-order valence-electron chi connectivity index (χ4n) is 1.46. The van der Waals surface area contributed by atoms with E-state index in [4.69, 9.17) is 10.8 Å². The minimum Gasteiger partial charge on any atom is -0.480 e. The van der Waals surface area contributed by atoms with Crippen LogP contribution in [0.2, 0.25) is 0 Å². The Hall–Kier alpha value is -1.24. The molecular weight excluding hydrogens is 210 g/mol. The van der Waals surface area contributed by atoms with E-state index in [1.54, 1.807) is 0 Å². The predicted molar refractivity (Wildman–Crippen MR) is 46.4 cm³/mol. The van der Waals surface area contributed by atoms with Gasteiger partial charge in [0.15, 0.2) is 6.04 Å². The van der Waals surface area contributed by atoms with Crippen molar-refractivity contribution in [2.75, 3.05) is 13.1 Å². The first kappa shape index (κ1) is 11.8. The van der Waals surface area contributed by atoms with Gasteiger partial charge in [-0.15, -0.1) is 0 Å². The van der Waals surface area contributed by atoms with Crippen LogP contribution in [-0.2, 0) is 9.59 Å². The first-order valence-electron chi connectivity index (χ1n) is 4.48. The molecule has 15 heavy (non-hydrogen) atoms. The molecule has 1 heterocycles. The van der Waals surface area contributed by atoms with Crippen LogP contribution in [0.3, 0.4) is 0 Å². The number of halogens is 2. The van der Waals surface area contributed by atoms with E-state index in [0.29, 0.717) is 0 Å². The molecule has 7 heteroatoms. The number of carbonyl (C=O) groups excluding carboxylic acids is 1. The minimum atomic E-state index is -2.94. The zero-order chi connectivity index (χ0) is 11.6. The number of hydrogen-bond donors (Lipinski definition) is 2. The van der Waals surface area contributed by atoms with Crippen molar-refractivity contribution in [1.29, 1.82) is 0 Å². The van der Waals surface area contributed by atoms with E-state index in [0.717, 1.165) is 4.90 Å². The smallest absolute Gasteiger partial charge is 0.330 e. The fourth-order valence-corrected chi connectivity index (χ4v) is 1.46. The van der Waals surface area contributed by atoms with Crippen LogP contribution in [0.5, 0.6) is 0 Å². The summed E-state index contributed by atoms with van der Waals surface area (Å²) in [5, 5.41) is 8.45. The second-order valence-corrected chi connectivity index (χ2v) is 3.54. The molecule has 5 nitrogen and oxygen atoms in total.